The molecule has 1 aliphatic rings. The zero-order valence-corrected chi connectivity index (χ0v) is 12.0. The van der Waals surface area contributed by atoms with Crippen LogP contribution in [0.1, 0.15) is 30.6 Å². The van der Waals surface area contributed by atoms with E-state index in [0.29, 0.717) is 6.42 Å². The van der Waals surface area contributed by atoms with Crippen molar-refractivity contribution in [3.05, 3.63) is 35.4 Å². The van der Waals surface area contributed by atoms with E-state index in [4.69, 9.17) is 5.73 Å². The van der Waals surface area contributed by atoms with Crippen molar-refractivity contribution in [2.75, 3.05) is 18.1 Å². The van der Waals surface area contributed by atoms with E-state index in [2.05, 4.69) is 0 Å². The first-order chi connectivity index (χ1) is 8.94. The Balaban J connectivity index is 2.39. The Kier molecular flexibility index (Phi) is 3.99. The third kappa shape index (κ3) is 2.68. The van der Waals surface area contributed by atoms with Gasteiger partial charge in [0, 0.05) is 12.0 Å². The molecule has 0 radical (unpaired) electrons. The zero-order valence-electron chi connectivity index (χ0n) is 11.2. The molecule has 1 aliphatic heterocycles. The van der Waals surface area contributed by atoms with Gasteiger partial charge in [-0.25, -0.2) is 8.42 Å². The number of hydrogen-bond donors (Lipinski definition) is 2. The molecule has 106 valence electrons. The van der Waals surface area contributed by atoms with Gasteiger partial charge in [-0.2, -0.15) is 0 Å². The highest BCUT2D eigenvalue weighted by Crippen LogP contribution is 2.43. The van der Waals surface area contributed by atoms with Crippen LogP contribution >= 0.6 is 0 Å². The highest BCUT2D eigenvalue weighted by Gasteiger charge is 2.47. The number of aryl methyl sites for hydroxylation is 1. The molecule has 0 amide bonds. The summed E-state index contributed by atoms with van der Waals surface area (Å²) in [6.45, 7) is 2.21. The van der Waals surface area contributed by atoms with Crippen molar-refractivity contribution in [2.45, 2.75) is 25.9 Å². The lowest BCUT2D eigenvalue weighted by molar-refractivity contribution is 0.0465. The molecule has 1 fully saturated rings. The maximum absolute atomic E-state index is 11.7. The smallest absolute Gasteiger partial charge is 0.151 e. The number of aliphatic hydroxyl groups is 1. The van der Waals surface area contributed by atoms with Gasteiger partial charge < -0.3 is 10.8 Å². The van der Waals surface area contributed by atoms with Gasteiger partial charge in [-0.05, 0) is 24.0 Å². The fourth-order valence-electron chi connectivity index (χ4n) is 2.88. The Bertz CT molecular complexity index is 556. The van der Waals surface area contributed by atoms with Crippen molar-refractivity contribution in [3.63, 3.8) is 0 Å². The predicted molar refractivity (Wildman–Crippen MR) is 75.5 cm³/mol. The predicted octanol–water partition coefficient (Wildman–Crippen LogP) is 1.05. The van der Waals surface area contributed by atoms with Crippen molar-refractivity contribution in [1.29, 1.82) is 0 Å². The third-order valence-electron chi connectivity index (χ3n) is 4.14. The second-order valence-electron chi connectivity index (χ2n) is 5.36. The topological polar surface area (TPSA) is 80.4 Å². The highest BCUT2D eigenvalue weighted by atomic mass is 32.2. The van der Waals surface area contributed by atoms with E-state index < -0.39 is 21.4 Å². The van der Waals surface area contributed by atoms with E-state index in [1.165, 1.54) is 0 Å². The van der Waals surface area contributed by atoms with E-state index in [1.807, 2.05) is 31.2 Å². The first-order valence-corrected chi connectivity index (χ1v) is 8.42. The zero-order chi connectivity index (χ0) is 14.1. The lowest BCUT2D eigenvalue weighted by atomic mass is 9.77. The minimum Gasteiger partial charge on any atom is -0.388 e. The van der Waals surface area contributed by atoms with Crippen LogP contribution < -0.4 is 5.73 Å². The average Bonchev–Trinajstić information content (AvgIpc) is 2.74. The van der Waals surface area contributed by atoms with Gasteiger partial charge >= 0.3 is 0 Å². The minimum atomic E-state index is -3.08. The Morgan fingerprint density at radius 3 is 2.63 bits per heavy atom. The molecule has 0 saturated carbocycles. The number of nitrogens with two attached hydrogens (primary N) is 1. The molecule has 4 nitrogen and oxygen atoms in total. The second-order valence-corrected chi connectivity index (χ2v) is 7.55. The molecule has 2 unspecified atom stereocenters. The molecular weight excluding hydrogens is 262 g/mol. The monoisotopic (exact) mass is 283 g/mol. The van der Waals surface area contributed by atoms with Crippen LogP contribution in [-0.2, 0) is 16.3 Å². The maximum Gasteiger partial charge on any atom is 0.151 e. The number of sulfone groups is 1. The van der Waals surface area contributed by atoms with Crippen LogP contribution in [0.4, 0.5) is 0 Å². The van der Waals surface area contributed by atoms with Crippen LogP contribution in [0.3, 0.4) is 0 Å². The van der Waals surface area contributed by atoms with Crippen molar-refractivity contribution < 1.29 is 13.5 Å². The standard InChI is InChI=1S/C14H21NO3S/c1-2-11-5-3-4-6-12(11)13(16)14(9-15)7-8-19(17,18)10-14/h3-6,13,16H,2,7-10,15H2,1H3. The molecule has 1 aromatic rings. The maximum atomic E-state index is 11.7. The molecule has 0 bridgehead atoms. The van der Waals surface area contributed by atoms with Gasteiger partial charge in [0.25, 0.3) is 0 Å². The number of rotatable bonds is 4. The van der Waals surface area contributed by atoms with E-state index in [9.17, 15) is 13.5 Å². The molecule has 0 spiro atoms. The summed E-state index contributed by atoms with van der Waals surface area (Å²) in [5.41, 5.74) is 6.92. The summed E-state index contributed by atoms with van der Waals surface area (Å²) in [5, 5.41) is 10.7. The van der Waals surface area contributed by atoms with Gasteiger partial charge in [0.05, 0.1) is 17.6 Å². The minimum absolute atomic E-state index is 0.0181. The third-order valence-corrected chi connectivity index (χ3v) is 5.98. The van der Waals surface area contributed by atoms with Crippen molar-refractivity contribution in [1.82, 2.24) is 0 Å². The molecule has 2 atom stereocenters. The van der Waals surface area contributed by atoms with Crippen LogP contribution in [0.5, 0.6) is 0 Å². The lowest BCUT2D eigenvalue weighted by Crippen LogP contribution is -2.38. The van der Waals surface area contributed by atoms with Crippen LogP contribution in [-0.4, -0.2) is 31.6 Å². The largest absolute Gasteiger partial charge is 0.388 e. The number of benzene rings is 1. The van der Waals surface area contributed by atoms with Crippen molar-refractivity contribution >= 4 is 9.84 Å². The van der Waals surface area contributed by atoms with Gasteiger partial charge in [-0.1, -0.05) is 31.2 Å². The highest BCUT2D eigenvalue weighted by molar-refractivity contribution is 7.91. The lowest BCUT2D eigenvalue weighted by Gasteiger charge is -2.33. The molecule has 19 heavy (non-hydrogen) atoms. The van der Waals surface area contributed by atoms with Gasteiger partial charge in [-0.15, -0.1) is 0 Å². The summed E-state index contributed by atoms with van der Waals surface area (Å²) < 4.78 is 23.5. The number of hydrogen-bond acceptors (Lipinski definition) is 4. The van der Waals surface area contributed by atoms with Gasteiger partial charge in [-0.3, -0.25) is 0 Å². The normalized spacial score (nSPS) is 27.3. The Hall–Kier alpha value is -0.910. The fraction of sp³-hybridized carbons (Fsp3) is 0.571. The quantitative estimate of drug-likeness (QED) is 0.865. The van der Waals surface area contributed by atoms with E-state index >= 15 is 0 Å². The van der Waals surface area contributed by atoms with Crippen molar-refractivity contribution in [3.8, 4) is 0 Å². The van der Waals surface area contributed by atoms with Gasteiger partial charge in [0.1, 0.15) is 0 Å². The van der Waals surface area contributed by atoms with Crippen LogP contribution in [0, 0.1) is 5.41 Å². The summed E-state index contributed by atoms with van der Waals surface area (Å²) in [4.78, 5) is 0. The summed E-state index contributed by atoms with van der Waals surface area (Å²) in [5.74, 6) is 0.102. The van der Waals surface area contributed by atoms with Crippen LogP contribution in [0.15, 0.2) is 24.3 Å². The first-order valence-electron chi connectivity index (χ1n) is 6.60. The summed E-state index contributed by atoms with van der Waals surface area (Å²) in [6.07, 6.45) is 0.428. The number of aliphatic hydroxyl groups excluding tert-OH is 1. The fourth-order valence-corrected chi connectivity index (χ4v) is 5.04. The molecule has 5 heteroatoms. The molecule has 1 saturated heterocycles. The van der Waals surface area contributed by atoms with Crippen LogP contribution in [0.2, 0.25) is 0 Å². The molecule has 2 rings (SSSR count). The summed E-state index contributed by atoms with van der Waals surface area (Å²) in [7, 11) is -3.08. The molecule has 1 aromatic carbocycles. The first kappa shape index (κ1) is 14.5. The average molecular weight is 283 g/mol. The summed E-state index contributed by atoms with van der Waals surface area (Å²) in [6, 6.07) is 7.62. The van der Waals surface area contributed by atoms with Gasteiger partial charge in [0.15, 0.2) is 9.84 Å². The molecule has 1 heterocycles. The SMILES string of the molecule is CCc1ccccc1C(O)C1(CN)CCS(=O)(=O)C1. The molecule has 0 aromatic heterocycles. The Morgan fingerprint density at radius 1 is 1.42 bits per heavy atom. The van der Waals surface area contributed by atoms with Crippen LogP contribution in [0.25, 0.3) is 0 Å². The molecule has 0 aliphatic carbocycles. The van der Waals surface area contributed by atoms with E-state index in [1.54, 1.807) is 0 Å². The summed E-state index contributed by atoms with van der Waals surface area (Å²) >= 11 is 0. The second kappa shape index (κ2) is 5.23. The van der Waals surface area contributed by atoms with E-state index in [0.717, 1.165) is 17.5 Å². The van der Waals surface area contributed by atoms with Gasteiger partial charge in [0.2, 0.25) is 0 Å². The molecule has 3 N–H and O–H groups in total. The Labute approximate surface area is 114 Å². The van der Waals surface area contributed by atoms with Crippen molar-refractivity contribution in [2.24, 2.45) is 11.1 Å². The van der Waals surface area contributed by atoms with E-state index in [-0.39, 0.29) is 18.1 Å². The Morgan fingerprint density at radius 2 is 2.11 bits per heavy atom. The molecular formula is C14H21NO3S.